The molecule has 0 fully saturated rings. The van der Waals surface area contributed by atoms with E-state index in [-0.39, 0.29) is 6.42 Å². The molecule has 1 aromatic heterocycles. The minimum absolute atomic E-state index is 0.228. The smallest absolute Gasteiger partial charge is 0.393 e. The molecule has 1 heterocycles. The van der Waals surface area contributed by atoms with E-state index in [4.69, 9.17) is 4.42 Å². The summed E-state index contributed by atoms with van der Waals surface area (Å²) in [5, 5.41) is 5.96. The lowest BCUT2D eigenvalue weighted by Gasteiger charge is -2.11. The Morgan fingerprint density at radius 2 is 2.09 bits per heavy atom. The lowest BCUT2D eigenvalue weighted by molar-refractivity contribution is -0.700. The van der Waals surface area contributed by atoms with Crippen LogP contribution in [0.1, 0.15) is 12.3 Å². The molecule has 0 aliphatic carbocycles. The van der Waals surface area contributed by atoms with E-state index in [1.807, 2.05) is 37.4 Å². The molecule has 0 aliphatic heterocycles. The third-order valence-corrected chi connectivity index (χ3v) is 3.77. The molecule has 0 bridgehead atoms. The summed E-state index contributed by atoms with van der Waals surface area (Å²) in [7, 11) is -2.38. The molecule has 0 radical (unpaired) electrons. The Bertz CT molecular complexity index is 726. The Kier molecular flexibility index (Phi) is 5.29. The minimum Gasteiger partial charge on any atom is -0.748 e. The van der Waals surface area contributed by atoms with Gasteiger partial charge in [0.05, 0.1) is 15.8 Å². The first-order chi connectivity index (χ1) is 10.5. The van der Waals surface area contributed by atoms with E-state index < -0.39 is 15.9 Å². The van der Waals surface area contributed by atoms with Gasteiger partial charge in [0.2, 0.25) is 6.20 Å². The summed E-state index contributed by atoms with van der Waals surface area (Å²) in [5.41, 5.74) is 0.925. The van der Waals surface area contributed by atoms with Crippen LogP contribution < -0.4 is 9.58 Å². The zero-order valence-electron chi connectivity index (χ0n) is 12.1. The van der Waals surface area contributed by atoms with Gasteiger partial charge in [0.25, 0.3) is 0 Å². The fourth-order valence-electron chi connectivity index (χ4n) is 1.86. The zero-order chi connectivity index (χ0) is 16.0. The standard InChI is InChI=1S/C14H17N3O4S/c1-16(13-6-3-2-4-7-13)15-12-14-17(9-10-21-14)8-5-11-22(18,19)20/h2-4,6-7,9-10,12H,5,8,11H2,1H3. The van der Waals surface area contributed by atoms with Gasteiger partial charge < -0.3 is 8.97 Å². The Labute approximate surface area is 129 Å². The second kappa shape index (κ2) is 7.19. The number of oxazole rings is 1. The quantitative estimate of drug-likeness (QED) is 0.328. The Hall–Kier alpha value is -2.19. The van der Waals surface area contributed by atoms with Gasteiger partial charge in [-0.25, -0.2) is 8.42 Å². The van der Waals surface area contributed by atoms with Crippen LogP contribution in [0.4, 0.5) is 5.69 Å². The summed E-state index contributed by atoms with van der Waals surface area (Å²) in [5.74, 6) is 0.0807. The molecule has 0 aliphatic rings. The van der Waals surface area contributed by atoms with Crippen LogP contribution in [0.3, 0.4) is 0 Å². The number of anilines is 1. The molecule has 8 heteroatoms. The summed E-state index contributed by atoms with van der Waals surface area (Å²) >= 11 is 0. The number of para-hydroxylation sites is 1. The van der Waals surface area contributed by atoms with Crippen molar-refractivity contribution in [3.8, 4) is 0 Å². The van der Waals surface area contributed by atoms with Gasteiger partial charge in [-0.2, -0.15) is 9.67 Å². The normalized spacial score (nSPS) is 11.9. The van der Waals surface area contributed by atoms with Crippen molar-refractivity contribution in [3.63, 3.8) is 0 Å². The molecule has 0 unspecified atom stereocenters. The molecule has 2 rings (SSSR count). The highest BCUT2D eigenvalue weighted by atomic mass is 32.2. The van der Waals surface area contributed by atoms with Crippen LogP contribution >= 0.6 is 0 Å². The number of nitrogens with zero attached hydrogens (tertiary/aromatic N) is 3. The monoisotopic (exact) mass is 323 g/mol. The average molecular weight is 323 g/mol. The van der Waals surface area contributed by atoms with Crippen LogP contribution in [0.2, 0.25) is 0 Å². The molecule has 0 atom stereocenters. The van der Waals surface area contributed by atoms with E-state index in [1.165, 1.54) is 6.26 Å². The molecule has 0 spiro atoms. The van der Waals surface area contributed by atoms with Crippen molar-refractivity contribution in [2.24, 2.45) is 5.10 Å². The van der Waals surface area contributed by atoms with E-state index in [2.05, 4.69) is 5.10 Å². The molecule has 22 heavy (non-hydrogen) atoms. The molecular formula is C14H17N3O4S. The number of aryl methyl sites for hydroxylation is 1. The van der Waals surface area contributed by atoms with Crippen molar-refractivity contribution in [2.45, 2.75) is 13.0 Å². The van der Waals surface area contributed by atoms with Gasteiger partial charge in [-0.1, -0.05) is 18.2 Å². The van der Waals surface area contributed by atoms with Crippen molar-refractivity contribution < 1.29 is 22.0 Å². The maximum atomic E-state index is 10.6. The van der Waals surface area contributed by atoms with Crippen molar-refractivity contribution in [1.82, 2.24) is 0 Å². The largest absolute Gasteiger partial charge is 0.748 e. The summed E-state index contributed by atoms with van der Waals surface area (Å²) in [6, 6.07) is 9.60. The van der Waals surface area contributed by atoms with Crippen molar-refractivity contribution in [1.29, 1.82) is 0 Å². The first-order valence-electron chi connectivity index (χ1n) is 6.69. The van der Waals surface area contributed by atoms with Gasteiger partial charge in [0.15, 0.2) is 19.0 Å². The van der Waals surface area contributed by atoms with Gasteiger partial charge in [-0.3, -0.25) is 5.01 Å². The van der Waals surface area contributed by atoms with E-state index in [0.29, 0.717) is 12.4 Å². The maximum Gasteiger partial charge on any atom is 0.393 e. The molecule has 2 aromatic rings. The highest BCUT2D eigenvalue weighted by Gasteiger charge is 2.13. The topological polar surface area (TPSA) is 89.8 Å². The van der Waals surface area contributed by atoms with E-state index >= 15 is 0 Å². The van der Waals surface area contributed by atoms with E-state index in [0.717, 1.165) is 5.69 Å². The molecule has 0 amide bonds. The second-order valence-electron chi connectivity index (χ2n) is 4.65. The maximum absolute atomic E-state index is 10.6. The SMILES string of the molecule is CN(/N=C/c1occ[n+]1CCCS(=O)(=O)[O-])c1ccccc1. The summed E-state index contributed by atoms with van der Waals surface area (Å²) < 4.78 is 38.8. The highest BCUT2D eigenvalue weighted by Crippen LogP contribution is 2.10. The summed E-state index contributed by atoms with van der Waals surface area (Å²) in [6.07, 6.45) is 4.92. The zero-order valence-corrected chi connectivity index (χ0v) is 12.9. The minimum atomic E-state index is -4.19. The molecule has 0 saturated carbocycles. The van der Waals surface area contributed by atoms with Crippen LogP contribution in [0.15, 0.2) is 52.3 Å². The van der Waals surface area contributed by atoms with Gasteiger partial charge in [-0.15, -0.1) is 0 Å². The Morgan fingerprint density at radius 3 is 2.77 bits per heavy atom. The van der Waals surface area contributed by atoms with Crippen LogP contribution in [0, 0.1) is 0 Å². The van der Waals surface area contributed by atoms with Crippen LogP contribution in [-0.2, 0) is 16.7 Å². The lowest BCUT2D eigenvalue weighted by Crippen LogP contribution is -2.36. The average Bonchev–Trinajstić information content (AvgIpc) is 2.92. The van der Waals surface area contributed by atoms with Gasteiger partial charge in [0, 0.05) is 19.2 Å². The highest BCUT2D eigenvalue weighted by molar-refractivity contribution is 7.85. The first kappa shape index (κ1) is 16.2. The molecule has 118 valence electrons. The molecular weight excluding hydrogens is 306 g/mol. The van der Waals surface area contributed by atoms with Crippen LogP contribution in [0.5, 0.6) is 0 Å². The van der Waals surface area contributed by atoms with Crippen molar-refractivity contribution in [3.05, 3.63) is 48.7 Å². The summed E-state index contributed by atoms with van der Waals surface area (Å²) in [6.45, 7) is 0.369. The van der Waals surface area contributed by atoms with Crippen LogP contribution in [0.25, 0.3) is 0 Å². The fourth-order valence-corrected chi connectivity index (χ4v) is 2.34. The molecule has 7 nitrogen and oxygen atoms in total. The predicted octanol–water partition coefficient (Wildman–Crippen LogP) is 0.973. The molecule has 0 saturated heterocycles. The number of aromatic nitrogens is 1. The van der Waals surface area contributed by atoms with E-state index in [1.54, 1.807) is 22.0 Å². The van der Waals surface area contributed by atoms with Crippen LogP contribution in [-0.4, -0.2) is 32.0 Å². The van der Waals surface area contributed by atoms with Gasteiger partial charge in [-0.05, 0) is 12.1 Å². The van der Waals surface area contributed by atoms with Crippen molar-refractivity contribution >= 4 is 22.0 Å². The first-order valence-corrected chi connectivity index (χ1v) is 8.27. The van der Waals surface area contributed by atoms with Gasteiger partial charge >= 0.3 is 5.89 Å². The Morgan fingerprint density at radius 1 is 1.36 bits per heavy atom. The third-order valence-electron chi connectivity index (χ3n) is 2.98. The number of hydrogen-bond acceptors (Lipinski definition) is 6. The van der Waals surface area contributed by atoms with Crippen molar-refractivity contribution in [2.75, 3.05) is 17.8 Å². The predicted molar refractivity (Wildman–Crippen MR) is 80.5 cm³/mol. The second-order valence-corrected chi connectivity index (χ2v) is 6.18. The molecule has 1 aromatic carbocycles. The fraction of sp³-hybridized carbons (Fsp3) is 0.286. The third kappa shape index (κ3) is 4.97. The number of rotatable bonds is 7. The number of benzene rings is 1. The molecule has 0 N–H and O–H groups in total. The summed E-state index contributed by atoms with van der Waals surface area (Å²) in [4.78, 5) is 0. The number of hydrazone groups is 1. The Balaban J connectivity index is 1.99. The lowest BCUT2D eigenvalue weighted by atomic mass is 10.3. The van der Waals surface area contributed by atoms with Gasteiger partial charge in [0.1, 0.15) is 0 Å². The number of hydrogen-bond donors (Lipinski definition) is 0. The van der Waals surface area contributed by atoms with E-state index in [9.17, 15) is 13.0 Å².